The summed E-state index contributed by atoms with van der Waals surface area (Å²) in [5, 5.41) is 0. The molecule has 2 aliphatic rings. The zero-order chi connectivity index (χ0) is 15.6. The van der Waals surface area contributed by atoms with Crippen molar-refractivity contribution in [2.45, 2.75) is 78.0 Å². The van der Waals surface area contributed by atoms with Crippen molar-refractivity contribution in [1.29, 1.82) is 0 Å². The Kier molecular flexibility index (Phi) is 5.72. The van der Waals surface area contributed by atoms with Gasteiger partial charge < -0.3 is 10.5 Å². The summed E-state index contributed by atoms with van der Waals surface area (Å²) in [4.78, 5) is 2.62. The van der Waals surface area contributed by atoms with E-state index in [2.05, 4.69) is 39.6 Å². The highest BCUT2D eigenvalue weighted by atomic mass is 16.5. The summed E-state index contributed by atoms with van der Waals surface area (Å²) in [6, 6.07) is 1.21. The molecule has 0 aromatic heterocycles. The maximum atomic E-state index is 6.09. The molecule has 0 bridgehead atoms. The average Bonchev–Trinajstić information content (AvgIpc) is 2.91. The second kappa shape index (κ2) is 6.97. The normalized spacial score (nSPS) is 38.1. The van der Waals surface area contributed by atoms with Gasteiger partial charge in [0.05, 0.1) is 6.10 Å². The highest BCUT2D eigenvalue weighted by molar-refractivity contribution is 4.94. The van der Waals surface area contributed by atoms with Gasteiger partial charge in [-0.05, 0) is 63.5 Å². The van der Waals surface area contributed by atoms with Crippen LogP contribution >= 0.6 is 0 Å². The van der Waals surface area contributed by atoms with Crippen LogP contribution in [0.3, 0.4) is 0 Å². The lowest BCUT2D eigenvalue weighted by molar-refractivity contribution is 0.00866. The first kappa shape index (κ1) is 17.2. The highest BCUT2D eigenvalue weighted by Crippen LogP contribution is 2.44. The van der Waals surface area contributed by atoms with Gasteiger partial charge in [-0.1, -0.05) is 27.2 Å². The molecule has 2 fully saturated rings. The van der Waals surface area contributed by atoms with Crippen LogP contribution in [0.5, 0.6) is 0 Å². The molecule has 2 rings (SSSR count). The maximum Gasteiger partial charge on any atom is 0.0703 e. The van der Waals surface area contributed by atoms with Crippen LogP contribution in [-0.4, -0.2) is 43.3 Å². The minimum atomic E-state index is 0.369. The van der Waals surface area contributed by atoms with Gasteiger partial charge in [-0.2, -0.15) is 0 Å². The predicted octanol–water partition coefficient (Wildman–Crippen LogP) is 3.28. The summed E-state index contributed by atoms with van der Waals surface area (Å²) in [6.07, 6.45) is 6.76. The van der Waals surface area contributed by atoms with Crippen LogP contribution in [0, 0.1) is 17.3 Å². The maximum absolute atomic E-state index is 6.09. The Hall–Kier alpha value is -0.120. The molecule has 1 heterocycles. The second-order valence-electron chi connectivity index (χ2n) is 8.01. The number of hydrogen-bond acceptors (Lipinski definition) is 3. The minimum absolute atomic E-state index is 0.369. The predicted molar refractivity (Wildman–Crippen MR) is 89.3 cm³/mol. The van der Waals surface area contributed by atoms with E-state index in [1.54, 1.807) is 0 Å². The largest absolute Gasteiger partial charge is 0.377 e. The lowest BCUT2D eigenvalue weighted by atomic mass is 9.65. The first-order valence-corrected chi connectivity index (χ1v) is 8.94. The highest BCUT2D eigenvalue weighted by Gasteiger charge is 2.41. The van der Waals surface area contributed by atoms with Crippen molar-refractivity contribution in [3.63, 3.8) is 0 Å². The zero-order valence-electron chi connectivity index (χ0n) is 14.8. The Labute approximate surface area is 131 Å². The van der Waals surface area contributed by atoms with E-state index < -0.39 is 0 Å². The van der Waals surface area contributed by atoms with Crippen LogP contribution in [0.4, 0.5) is 0 Å². The molecule has 2 N–H and O–H groups in total. The molecule has 1 saturated carbocycles. The first-order chi connectivity index (χ1) is 9.90. The molecule has 0 spiro atoms. The Morgan fingerprint density at radius 1 is 1.19 bits per heavy atom. The molecule has 0 radical (unpaired) electrons. The van der Waals surface area contributed by atoms with Crippen molar-refractivity contribution < 1.29 is 4.74 Å². The SMILES string of the molecule is CCC(C)(C)C1CCC(CN)C(N(C)C2CCOC2C)C1. The van der Waals surface area contributed by atoms with Gasteiger partial charge in [-0.3, -0.25) is 4.90 Å². The zero-order valence-corrected chi connectivity index (χ0v) is 14.8. The van der Waals surface area contributed by atoms with Crippen LogP contribution in [0.15, 0.2) is 0 Å². The van der Waals surface area contributed by atoms with Gasteiger partial charge in [0.25, 0.3) is 0 Å². The summed E-state index contributed by atoms with van der Waals surface area (Å²) < 4.78 is 5.79. The van der Waals surface area contributed by atoms with Gasteiger partial charge in [0, 0.05) is 18.7 Å². The smallest absolute Gasteiger partial charge is 0.0703 e. The van der Waals surface area contributed by atoms with Crippen molar-refractivity contribution in [3.05, 3.63) is 0 Å². The molecule has 3 heteroatoms. The van der Waals surface area contributed by atoms with E-state index in [1.165, 1.54) is 32.1 Å². The van der Waals surface area contributed by atoms with E-state index in [0.717, 1.165) is 19.1 Å². The molecule has 0 aromatic carbocycles. The van der Waals surface area contributed by atoms with Crippen LogP contribution in [0.1, 0.15) is 59.8 Å². The summed E-state index contributed by atoms with van der Waals surface area (Å²) in [7, 11) is 2.31. The van der Waals surface area contributed by atoms with Gasteiger partial charge in [-0.15, -0.1) is 0 Å². The monoisotopic (exact) mass is 296 g/mol. The van der Waals surface area contributed by atoms with Crippen molar-refractivity contribution in [3.8, 4) is 0 Å². The van der Waals surface area contributed by atoms with Crippen molar-refractivity contribution in [2.24, 2.45) is 23.0 Å². The summed E-state index contributed by atoms with van der Waals surface area (Å²) in [5.41, 5.74) is 6.55. The van der Waals surface area contributed by atoms with E-state index in [4.69, 9.17) is 10.5 Å². The Morgan fingerprint density at radius 2 is 1.90 bits per heavy atom. The summed E-state index contributed by atoms with van der Waals surface area (Å²) >= 11 is 0. The van der Waals surface area contributed by atoms with E-state index in [1.807, 2.05) is 0 Å². The summed E-state index contributed by atoms with van der Waals surface area (Å²) in [5.74, 6) is 1.49. The third kappa shape index (κ3) is 3.62. The standard InChI is InChI=1S/C18H36N2O/c1-6-18(3,4)15-8-7-14(12-19)17(11-15)20(5)16-9-10-21-13(16)2/h13-17H,6-12,19H2,1-5H3. The van der Waals surface area contributed by atoms with E-state index >= 15 is 0 Å². The fourth-order valence-electron chi connectivity index (χ4n) is 4.48. The first-order valence-electron chi connectivity index (χ1n) is 8.94. The van der Waals surface area contributed by atoms with E-state index in [0.29, 0.717) is 29.5 Å². The molecule has 1 saturated heterocycles. The number of nitrogens with zero attached hydrogens (tertiary/aromatic N) is 1. The molecule has 0 aromatic rings. The number of hydrogen-bond donors (Lipinski definition) is 1. The van der Waals surface area contributed by atoms with E-state index in [-0.39, 0.29) is 0 Å². The van der Waals surface area contributed by atoms with Crippen molar-refractivity contribution in [1.82, 2.24) is 4.90 Å². The van der Waals surface area contributed by atoms with Gasteiger partial charge in [0.1, 0.15) is 0 Å². The molecule has 5 unspecified atom stereocenters. The quantitative estimate of drug-likeness (QED) is 0.846. The van der Waals surface area contributed by atoms with Crippen molar-refractivity contribution in [2.75, 3.05) is 20.2 Å². The molecular weight excluding hydrogens is 260 g/mol. The van der Waals surface area contributed by atoms with Gasteiger partial charge in [0.2, 0.25) is 0 Å². The summed E-state index contributed by atoms with van der Waals surface area (Å²) in [6.45, 7) is 11.2. The molecular formula is C18H36N2O. The number of rotatable bonds is 5. The molecule has 1 aliphatic carbocycles. The lowest BCUT2D eigenvalue weighted by Gasteiger charge is -2.47. The number of nitrogens with two attached hydrogens (primary N) is 1. The van der Waals surface area contributed by atoms with E-state index in [9.17, 15) is 0 Å². The number of likely N-dealkylation sites (N-methyl/N-ethyl adjacent to an activating group) is 1. The molecule has 3 nitrogen and oxygen atoms in total. The molecule has 124 valence electrons. The molecule has 1 aliphatic heterocycles. The Bertz CT molecular complexity index is 331. The molecule has 21 heavy (non-hydrogen) atoms. The van der Waals surface area contributed by atoms with Crippen molar-refractivity contribution >= 4 is 0 Å². The van der Waals surface area contributed by atoms with Gasteiger partial charge in [-0.25, -0.2) is 0 Å². The number of ether oxygens (including phenoxy) is 1. The van der Waals surface area contributed by atoms with Crippen LogP contribution in [0.2, 0.25) is 0 Å². The second-order valence-corrected chi connectivity index (χ2v) is 8.01. The van der Waals surface area contributed by atoms with Gasteiger partial charge in [0.15, 0.2) is 0 Å². The topological polar surface area (TPSA) is 38.5 Å². The van der Waals surface area contributed by atoms with Gasteiger partial charge >= 0.3 is 0 Å². The van der Waals surface area contributed by atoms with Crippen LogP contribution < -0.4 is 5.73 Å². The Morgan fingerprint density at radius 3 is 2.43 bits per heavy atom. The lowest BCUT2D eigenvalue weighted by Crippen LogP contribution is -2.52. The molecule has 0 amide bonds. The average molecular weight is 296 g/mol. The third-order valence-corrected chi connectivity index (χ3v) is 6.66. The fraction of sp³-hybridized carbons (Fsp3) is 1.00. The Balaban J connectivity index is 2.09. The van der Waals surface area contributed by atoms with Crippen LogP contribution in [0.25, 0.3) is 0 Å². The third-order valence-electron chi connectivity index (χ3n) is 6.66. The van der Waals surface area contributed by atoms with Crippen LogP contribution in [-0.2, 0) is 4.74 Å². The fourth-order valence-corrected chi connectivity index (χ4v) is 4.48. The minimum Gasteiger partial charge on any atom is -0.377 e. The molecule has 5 atom stereocenters.